The lowest BCUT2D eigenvalue weighted by atomic mass is 9.83. The number of aryl methyl sites for hydroxylation is 2. The highest BCUT2D eigenvalue weighted by molar-refractivity contribution is 7.80. The highest BCUT2D eigenvalue weighted by atomic mass is 32.1. The Balaban J connectivity index is 1.42. The van der Waals surface area contributed by atoms with Crippen molar-refractivity contribution in [2.75, 3.05) is 35.2 Å². The molecule has 2 aliphatic heterocycles. The van der Waals surface area contributed by atoms with Gasteiger partial charge in [0.15, 0.2) is 5.11 Å². The van der Waals surface area contributed by atoms with Gasteiger partial charge in [-0.15, -0.1) is 0 Å². The van der Waals surface area contributed by atoms with Crippen LogP contribution >= 0.6 is 12.2 Å². The van der Waals surface area contributed by atoms with Crippen LogP contribution in [0.25, 0.3) is 0 Å². The minimum atomic E-state index is -0.0879. The first-order valence-electron chi connectivity index (χ1n) is 13.8. The minimum Gasteiger partial charge on any atom is -0.369 e. The molecule has 5 rings (SSSR count). The van der Waals surface area contributed by atoms with Crippen molar-refractivity contribution in [2.45, 2.75) is 52.5 Å². The van der Waals surface area contributed by atoms with E-state index in [1.165, 1.54) is 0 Å². The molecule has 39 heavy (non-hydrogen) atoms. The van der Waals surface area contributed by atoms with Gasteiger partial charge in [-0.25, -0.2) is 0 Å². The molecule has 0 radical (unpaired) electrons. The summed E-state index contributed by atoms with van der Waals surface area (Å²) in [5, 5.41) is 10.2. The van der Waals surface area contributed by atoms with Crippen LogP contribution in [0.3, 0.4) is 0 Å². The van der Waals surface area contributed by atoms with E-state index >= 15 is 0 Å². The number of amides is 1. The lowest BCUT2D eigenvalue weighted by Gasteiger charge is -2.44. The van der Waals surface area contributed by atoms with Gasteiger partial charge in [0, 0.05) is 55.1 Å². The number of aromatic nitrogens is 1. The zero-order valence-corrected chi connectivity index (χ0v) is 23.7. The van der Waals surface area contributed by atoms with E-state index in [4.69, 9.17) is 12.2 Å². The summed E-state index contributed by atoms with van der Waals surface area (Å²) in [5.41, 5.74) is 6.83. The van der Waals surface area contributed by atoms with Gasteiger partial charge in [0.25, 0.3) is 11.5 Å². The van der Waals surface area contributed by atoms with Crippen LogP contribution in [0.4, 0.5) is 17.1 Å². The van der Waals surface area contributed by atoms with Gasteiger partial charge in [-0.3, -0.25) is 9.59 Å². The second-order valence-corrected chi connectivity index (χ2v) is 11.3. The molecular weight excluding hydrogens is 506 g/mol. The zero-order valence-electron chi connectivity index (χ0n) is 22.9. The van der Waals surface area contributed by atoms with Crippen molar-refractivity contribution in [3.8, 4) is 0 Å². The van der Waals surface area contributed by atoms with Crippen LogP contribution in [0.15, 0.2) is 59.4 Å². The minimum absolute atomic E-state index is 0.0826. The van der Waals surface area contributed by atoms with Crippen molar-refractivity contribution in [1.29, 1.82) is 0 Å². The number of piperidine rings is 1. The summed E-state index contributed by atoms with van der Waals surface area (Å²) in [6, 6.07) is 17.7. The first-order chi connectivity index (χ1) is 18.8. The first-order valence-corrected chi connectivity index (χ1v) is 14.2. The molecule has 1 aromatic heterocycles. The number of nitrogens with one attached hydrogen (secondary N) is 3. The third-order valence-corrected chi connectivity index (χ3v) is 7.83. The summed E-state index contributed by atoms with van der Waals surface area (Å²) in [7, 11) is 0. The Labute approximate surface area is 235 Å². The number of carbonyl (C=O) groups is 1. The molecular formula is C31H37N5O2S. The van der Waals surface area contributed by atoms with E-state index in [1.807, 2.05) is 28.8 Å². The van der Waals surface area contributed by atoms with E-state index in [1.54, 1.807) is 6.07 Å². The number of unbranched alkanes of at least 4 members (excludes halogenated alkanes) is 1. The molecule has 0 saturated carbocycles. The molecule has 2 atom stereocenters. The molecule has 3 N–H and O–H groups in total. The third-order valence-electron chi connectivity index (χ3n) is 7.62. The molecule has 2 bridgehead atoms. The second kappa shape index (κ2) is 11.6. The third kappa shape index (κ3) is 6.17. The summed E-state index contributed by atoms with van der Waals surface area (Å²) in [5.74, 6) is 0.563. The van der Waals surface area contributed by atoms with E-state index in [9.17, 15) is 9.59 Å². The summed E-state index contributed by atoms with van der Waals surface area (Å²) in [6.45, 7) is 9.25. The highest BCUT2D eigenvalue weighted by Gasteiger charge is 2.35. The summed E-state index contributed by atoms with van der Waals surface area (Å²) < 4.78 is 1.95. The molecule has 0 spiro atoms. The molecule has 0 aliphatic carbocycles. The standard InChI is InChI=1S/C31H37N5O2S/c1-4-5-11-32-30(38)23-9-10-28(26(16-23)34-31(39)33-25-13-20(2)12-21(3)14-25)35-17-22-15-24(19-35)27-7-6-8-29(37)36(27)18-22/h6-10,12-14,16,22,24H,4-5,11,15,17-19H2,1-3H3,(H,32,38)(H2,33,34,39)/t22-,24+/m1/s1. The van der Waals surface area contributed by atoms with Crippen molar-refractivity contribution >= 4 is 40.3 Å². The molecule has 3 heterocycles. The SMILES string of the molecule is CCCCNC(=O)c1ccc(N2C[C@H]3C[C@@H](C2)c2cccc(=O)n2C3)c(NC(=S)Nc2cc(C)cc(C)c2)c1. The maximum Gasteiger partial charge on any atom is 0.251 e. The Hall–Kier alpha value is -3.65. The number of hydrogen-bond acceptors (Lipinski definition) is 4. The van der Waals surface area contributed by atoms with E-state index in [0.717, 1.165) is 72.8 Å². The molecule has 2 aromatic carbocycles. The van der Waals surface area contributed by atoms with Crippen LogP contribution in [0.5, 0.6) is 0 Å². The Morgan fingerprint density at radius 2 is 1.79 bits per heavy atom. The number of benzene rings is 2. The van der Waals surface area contributed by atoms with Crippen LogP contribution in [0.1, 0.15) is 59.3 Å². The molecule has 204 valence electrons. The zero-order chi connectivity index (χ0) is 27.5. The average Bonchev–Trinajstić information content (AvgIpc) is 2.88. The van der Waals surface area contributed by atoms with Gasteiger partial charge in [-0.2, -0.15) is 0 Å². The molecule has 3 aromatic rings. The quantitative estimate of drug-likeness (QED) is 0.273. The number of fused-ring (bicyclic) bond motifs is 4. The Morgan fingerprint density at radius 1 is 1.00 bits per heavy atom. The topological polar surface area (TPSA) is 78.4 Å². The van der Waals surface area contributed by atoms with Crippen LogP contribution in [0.2, 0.25) is 0 Å². The monoisotopic (exact) mass is 543 g/mol. The number of anilines is 3. The lowest BCUT2D eigenvalue weighted by Crippen LogP contribution is -2.47. The van der Waals surface area contributed by atoms with Crippen LogP contribution in [-0.4, -0.2) is 35.2 Å². The molecule has 1 saturated heterocycles. The van der Waals surface area contributed by atoms with E-state index in [2.05, 4.69) is 65.9 Å². The summed E-state index contributed by atoms with van der Waals surface area (Å²) in [6.07, 6.45) is 3.05. The number of hydrogen-bond donors (Lipinski definition) is 3. The van der Waals surface area contributed by atoms with Crippen molar-refractivity contribution in [2.24, 2.45) is 5.92 Å². The number of carbonyl (C=O) groups excluding carboxylic acids is 1. The fraction of sp³-hybridized carbons (Fsp3) is 0.387. The van der Waals surface area contributed by atoms with E-state index in [0.29, 0.717) is 23.1 Å². The van der Waals surface area contributed by atoms with Crippen molar-refractivity contribution in [1.82, 2.24) is 9.88 Å². The summed E-state index contributed by atoms with van der Waals surface area (Å²) >= 11 is 5.73. The second-order valence-electron chi connectivity index (χ2n) is 10.9. The fourth-order valence-corrected chi connectivity index (χ4v) is 6.19. The first kappa shape index (κ1) is 26.9. The Bertz CT molecular complexity index is 1430. The van der Waals surface area contributed by atoms with E-state index in [-0.39, 0.29) is 17.4 Å². The van der Waals surface area contributed by atoms with Crippen molar-refractivity contribution in [3.63, 3.8) is 0 Å². The van der Waals surface area contributed by atoms with Gasteiger partial charge < -0.3 is 25.4 Å². The molecule has 8 heteroatoms. The van der Waals surface area contributed by atoms with Crippen LogP contribution in [0, 0.1) is 19.8 Å². The maximum atomic E-state index is 12.9. The van der Waals surface area contributed by atoms with Crippen LogP contribution < -0.4 is 26.4 Å². The van der Waals surface area contributed by atoms with Crippen LogP contribution in [-0.2, 0) is 6.54 Å². The van der Waals surface area contributed by atoms with Gasteiger partial charge in [0.1, 0.15) is 0 Å². The Morgan fingerprint density at radius 3 is 2.56 bits per heavy atom. The largest absolute Gasteiger partial charge is 0.369 e. The molecule has 1 amide bonds. The van der Waals surface area contributed by atoms with E-state index < -0.39 is 0 Å². The predicted octanol–water partition coefficient (Wildman–Crippen LogP) is 5.43. The Kier molecular flexibility index (Phi) is 8.02. The number of nitrogens with zero attached hydrogens (tertiary/aromatic N) is 2. The maximum absolute atomic E-state index is 12.9. The van der Waals surface area contributed by atoms with Crippen molar-refractivity contribution < 1.29 is 4.79 Å². The van der Waals surface area contributed by atoms with Gasteiger partial charge in [-0.05, 0) is 92.4 Å². The van der Waals surface area contributed by atoms with Crippen molar-refractivity contribution in [3.05, 3.63) is 87.3 Å². The smallest absolute Gasteiger partial charge is 0.251 e. The normalized spacial score (nSPS) is 17.8. The highest BCUT2D eigenvalue weighted by Crippen LogP contribution is 2.39. The molecule has 0 unspecified atom stereocenters. The average molecular weight is 544 g/mol. The molecule has 2 aliphatic rings. The molecule has 1 fully saturated rings. The predicted molar refractivity (Wildman–Crippen MR) is 163 cm³/mol. The van der Waals surface area contributed by atoms with Gasteiger partial charge in [-0.1, -0.05) is 25.5 Å². The van der Waals surface area contributed by atoms with Gasteiger partial charge in [0.05, 0.1) is 11.4 Å². The molecule has 7 nitrogen and oxygen atoms in total. The lowest BCUT2D eigenvalue weighted by molar-refractivity contribution is 0.0953. The number of thiocarbonyl (C=S) groups is 1. The fourth-order valence-electron chi connectivity index (χ4n) is 5.96. The van der Waals surface area contributed by atoms with Gasteiger partial charge >= 0.3 is 0 Å². The summed E-state index contributed by atoms with van der Waals surface area (Å²) in [4.78, 5) is 27.8. The number of pyridine rings is 1. The number of rotatable bonds is 7. The van der Waals surface area contributed by atoms with Gasteiger partial charge in [0.2, 0.25) is 0 Å².